The normalized spacial score (nSPS) is 21.9. The van der Waals surface area contributed by atoms with Gasteiger partial charge in [-0.2, -0.15) is 0 Å². The molecule has 1 aliphatic heterocycles. The quantitative estimate of drug-likeness (QED) is 0.414. The molecule has 1 aliphatic carbocycles. The number of imide groups is 1. The number of anilines is 1. The molecule has 5 nitrogen and oxygen atoms in total. The van der Waals surface area contributed by atoms with Crippen molar-refractivity contribution in [3.63, 3.8) is 0 Å². The van der Waals surface area contributed by atoms with Crippen molar-refractivity contribution in [2.45, 2.75) is 25.7 Å². The largest absolute Gasteiger partial charge is 0.423 e. The summed E-state index contributed by atoms with van der Waals surface area (Å²) in [4.78, 5) is 39.0. The number of esters is 1. The van der Waals surface area contributed by atoms with Gasteiger partial charge in [0.1, 0.15) is 5.75 Å². The van der Waals surface area contributed by atoms with Crippen LogP contribution in [0.4, 0.5) is 5.69 Å². The van der Waals surface area contributed by atoms with E-state index in [0.717, 1.165) is 30.2 Å². The van der Waals surface area contributed by atoms with E-state index < -0.39 is 5.97 Å². The number of halogens is 1. The number of carbonyl (C=O) groups is 3. The Labute approximate surface area is 165 Å². The summed E-state index contributed by atoms with van der Waals surface area (Å²) in [5, 5.41) is 0. The summed E-state index contributed by atoms with van der Waals surface area (Å²) >= 11 is 3.32. The van der Waals surface area contributed by atoms with Gasteiger partial charge in [-0.15, -0.1) is 0 Å². The summed E-state index contributed by atoms with van der Waals surface area (Å²) in [6.45, 7) is 0. The number of fused-ring (bicyclic) bond motifs is 1. The monoisotopic (exact) mass is 427 g/mol. The third kappa shape index (κ3) is 3.41. The van der Waals surface area contributed by atoms with E-state index in [-0.39, 0.29) is 23.7 Å². The lowest BCUT2D eigenvalue weighted by molar-refractivity contribution is -0.122. The van der Waals surface area contributed by atoms with Crippen molar-refractivity contribution in [1.29, 1.82) is 0 Å². The fourth-order valence-electron chi connectivity index (χ4n) is 3.85. The molecule has 0 spiro atoms. The van der Waals surface area contributed by atoms with Crippen molar-refractivity contribution in [2.75, 3.05) is 4.90 Å². The lowest BCUT2D eigenvalue weighted by Gasteiger charge is -2.19. The first-order valence-corrected chi connectivity index (χ1v) is 9.79. The van der Waals surface area contributed by atoms with Gasteiger partial charge in [0.15, 0.2) is 0 Å². The first-order chi connectivity index (χ1) is 13.0. The summed E-state index contributed by atoms with van der Waals surface area (Å²) in [6.07, 6.45) is 3.51. The Morgan fingerprint density at radius 1 is 0.963 bits per heavy atom. The van der Waals surface area contributed by atoms with Gasteiger partial charge in [0.25, 0.3) is 0 Å². The van der Waals surface area contributed by atoms with Crippen LogP contribution in [0.2, 0.25) is 0 Å². The highest BCUT2D eigenvalue weighted by molar-refractivity contribution is 9.10. The molecule has 0 N–H and O–H groups in total. The van der Waals surface area contributed by atoms with Gasteiger partial charge in [-0.1, -0.05) is 34.8 Å². The van der Waals surface area contributed by atoms with Crippen molar-refractivity contribution in [2.24, 2.45) is 11.8 Å². The summed E-state index contributed by atoms with van der Waals surface area (Å²) in [7, 11) is 0. The highest BCUT2D eigenvalue weighted by Gasteiger charge is 2.48. The zero-order valence-corrected chi connectivity index (χ0v) is 16.1. The Kier molecular flexibility index (Phi) is 4.83. The van der Waals surface area contributed by atoms with Gasteiger partial charge in [-0.25, -0.2) is 9.69 Å². The molecule has 1 saturated carbocycles. The Morgan fingerprint density at radius 3 is 2.22 bits per heavy atom. The second kappa shape index (κ2) is 7.27. The van der Waals surface area contributed by atoms with E-state index in [1.807, 2.05) is 0 Å². The first-order valence-electron chi connectivity index (χ1n) is 9.00. The van der Waals surface area contributed by atoms with Crippen molar-refractivity contribution < 1.29 is 19.1 Å². The number of hydrogen-bond donors (Lipinski definition) is 0. The summed E-state index contributed by atoms with van der Waals surface area (Å²) in [5.41, 5.74) is 0.878. The van der Waals surface area contributed by atoms with Gasteiger partial charge in [-0.05, 0) is 49.2 Å². The average molecular weight is 428 g/mol. The van der Waals surface area contributed by atoms with E-state index in [2.05, 4.69) is 15.9 Å². The molecule has 2 aromatic carbocycles. The van der Waals surface area contributed by atoms with Crippen molar-refractivity contribution in [1.82, 2.24) is 0 Å². The van der Waals surface area contributed by atoms with Crippen LogP contribution in [-0.2, 0) is 9.59 Å². The van der Waals surface area contributed by atoms with Crippen LogP contribution in [-0.4, -0.2) is 17.8 Å². The molecule has 2 fully saturated rings. The topological polar surface area (TPSA) is 63.7 Å². The minimum atomic E-state index is -0.493. The van der Waals surface area contributed by atoms with Gasteiger partial charge in [0, 0.05) is 10.5 Å². The average Bonchev–Trinajstić information content (AvgIpc) is 2.93. The number of carbonyl (C=O) groups excluding carboxylic acids is 3. The molecule has 0 radical (unpaired) electrons. The maximum absolute atomic E-state index is 12.7. The van der Waals surface area contributed by atoms with Crippen LogP contribution in [0.25, 0.3) is 0 Å². The minimum absolute atomic E-state index is 0.138. The Bertz CT molecular complexity index is 885. The van der Waals surface area contributed by atoms with E-state index in [0.29, 0.717) is 17.0 Å². The number of rotatable bonds is 3. The Hall–Kier alpha value is -2.47. The molecule has 138 valence electrons. The minimum Gasteiger partial charge on any atom is -0.423 e. The van der Waals surface area contributed by atoms with E-state index in [1.165, 1.54) is 4.90 Å². The van der Waals surface area contributed by atoms with Gasteiger partial charge in [0.2, 0.25) is 11.8 Å². The highest BCUT2D eigenvalue weighted by Crippen LogP contribution is 2.40. The second-order valence-electron chi connectivity index (χ2n) is 6.90. The van der Waals surface area contributed by atoms with Crippen LogP contribution in [0, 0.1) is 11.8 Å². The van der Waals surface area contributed by atoms with Crippen LogP contribution in [0.1, 0.15) is 36.0 Å². The summed E-state index contributed by atoms with van der Waals surface area (Å²) < 4.78 is 6.30. The summed E-state index contributed by atoms with van der Waals surface area (Å²) in [5.74, 6) is -0.883. The van der Waals surface area contributed by atoms with Gasteiger partial charge in [-0.3, -0.25) is 9.59 Å². The molecule has 2 aromatic rings. The lowest BCUT2D eigenvalue weighted by Crippen LogP contribution is -2.30. The van der Waals surface area contributed by atoms with Gasteiger partial charge < -0.3 is 4.74 Å². The van der Waals surface area contributed by atoms with Crippen LogP contribution in [0.15, 0.2) is 53.0 Å². The Morgan fingerprint density at radius 2 is 1.59 bits per heavy atom. The smallest absolute Gasteiger partial charge is 0.343 e. The number of nitrogens with zero attached hydrogens (tertiary/aromatic N) is 1. The van der Waals surface area contributed by atoms with Crippen LogP contribution < -0.4 is 9.64 Å². The van der Waals surface area contributed by atoms with Gasteiger partial charge in [0.05, 0.1) is 23.1 Å². The maximum atomic E-state index is 12.7. The van der Waals surface area contributed by atoms with Gasteiger partial charge >= 0.3 is 5.97 Å². The molecule has 6 heteroatoms. The third-order valence-corrected chi connectivity index (χ3v) is 5.74. The van der Waals surface area contributed by atoms with E-state index in [1.54, 1.807) is 48.5 Å². The molecule has 0 bridgehead atoms. The molecule has 2 unspecified atom stereocenters. The molecule has 1 heterocycles. The van der Waals surface area contributed by atoms with Crippen LogP contribution >= 0.6 is 15.9 Å². The molecule has 2 amide bonds. The molecule has 2 aliphatic rings. The number of amides is 2. The zero-order valence-electron chi connectivity index (χ0n) is 14.6. The van der Waals surface area contributed by atoms with E-state index in [9.17, 15) is 14.4 Å². The zero-order chi connectivity index (χ0) is 19.0. The predicted octanol–water partition coefficient (Wildman–Crippen LogP) is 4.35. The molecule has 1 saturated heterocycles. The number of hydrogen-bond acceptors (Lipinski definition) is 4. The molecular formula is C21H18BrNO4. The second-order valence-corrected chi connectivity index (χ2v) is 7.82. The third-order valence-electron chi connectivity index (χ3n) is 5.21. The lowest BCUT2D eigenvalue weighted by atomic mass is 9.81. The Balaban J connectivity index is 1.56. The number of ether oxygens (including phenoxy) is 1. The molecule has 27 heavy (non-hydrogen) atoms. The summed E-state index contributed by atoms with van der Waals surface area (Å²) in [6, 6.07) is 13.4. The fourth-order valence-corrected chi connectivity index (χ4v) is 4.12. The van der Waals surface area contributed by atoms with E-state index in [4.69, 9.17) is 4.74 Å². The maximum Gasteiger partial charge on any atom is 0.343 e. The first kappa shape index (κ1) is 17.9. The van der Waals surface area contributed by atoms with Crippen molar-refractivity contribution in [3.8, 4) is 5.75 Å². The predicted molar refractivity (Wildman–Crippen MR) is 103 cm³/mol. The SMILES string of the molecule is O=C(Oc1cccc(N2C(=O)C3CCCCC3C2=O)c1)c1ccc(Br)cc1. The van der Waals surface area contributed by atoms with Crippen molar-refractivity contribution >= 4 is 39.4 Å². The highest BCUT2D eigenvalue weighted by atomic mass is 79.9. The fraction of sp³-hybridized carbons (Fsp3) is 0.286. The standard InChI is InChI=1S/C21H18BrNO4/c22-14-10-8-13(9-11-14)21(26)27-16-5-3-4-15(12-16)23-19(24)17-6-1-2-7-18(17)20(23)25/h3-5,8-12,17-18H,1-2,6-7H2. The molecule has 2 atom stereocenters. The van der Waals surface area contributed by atoms with Crippen LogP contribution in [0.3, 0.4) is 0 Å². The van der Waals surface area contributed by atoms with Crippen LogP contribution in [0.5, 0.6) is 5.75 Å². The van der Waals surface area contributed by atoms with Crippen molar-refractivity contribution in [3.05, 3.63) is 58.6 Å². The molecule has 0 aromatic heterocycles. The van der Waals surface area contributed by atoms with E-state index >= 15 is 0 Å². The molecular weight excluding hydrogens is 410 g/mol. The number of benzene rings is 2. The molecule has 4 rings (SSSR count).